The lowest BCUT2D eigenvalue weighted by molar-refractivity contribution is -0.193. The van der Waals surface area contributed by atoms with Crippen molar-refractivity contribution in [2.24, 2.45) is 0 Å². The van der Waals surface area contributed by atoms with Crippen molar-refractivity contribution in [3.8, 4) is 0 Å². The monoisotopic (exact) mass is 506 g/mol. The minimum atomic E-state index is -5.08. The van der Waals surface area contributed by atoms with Gasteiger partial charge in [-0.3, -0.25) is 0 Å². The lowest BCUT2D eigenvalue weighted by Gasteiger charge is -2.27. The van der Waals surface area contributed by atoms with E-state index >= 15 is 0 Å². The maximum Gasteiger partial charge on any atom is 0.490 e. The molecule has 2 rings (SSSR count). The van der Waals surface area contributed by atoms with Crippen LogP contribution in [0.3, 0.4) is 0 Å². The van der Waals surface area contributed by atoms with E-state index < -0.39 is 30.2 Å². The first-order chi connectivity index (χ1) is 14.9. The average Bonchev–Trinajstić information content (AvgIpc) is 2.68. The highest BCUT2D eigenvalue weighted by molar-refractivity contribution is 5.73. The van der Waals surface area contributed by atoms with Gasteiger partial charge >= 0.3 is 24.3 Å². The maximum atomic E-state index is 12.5. The van der Waals surface area contributed by atoms with Crippen LogP contribution in [0.25, 0.3) is 0 Å². The zero-order valence-electron chi connectivity index (χ0n) is 17.8. The molecule has 4 N–H and O–H groups in total. The van der Waals surface area contributed by atoms with Gasteiger partial charge in [-0.1, -0.05) is 6.08 Å². The summed E-state index contributed by atoms with van der Waals surface area (Å²) in [5.74, 6) is -7.84. The highest BCUT2D eigenvalue weighted by atomic mass is 19.4. The Labute approximate surface area is 184 Å². The number of carboxylic acid groups (broad SMARTS) is 2. The summed E-state index contributed by atoms with van der Waals surface area (Å²) < 4.78 is 101. The van der Waals surface area contributed by atoms with Crippen molar-refractivity contribution in [2.75, 3.05) is 14.1 Å². The number of carboxylic acids is 2. The van der Waals surface area contributed by atoms with Gasteiger partial charge in [0.25, 0.3) is 0 Å². The Morgan fingerprint density at radius 2 is 1.24 bits per heavy atom. The Morgan fingerprint density at radius 3 is 1.48 bits per heavy atom. The van der Waals surface area contributed by atoms with Crippen molar-refractivity contribution in [1.82, 2.24) is 10.6 Å². The van der Waals surface area contributed by atoms with Crippen LogP contribution in [0.5, 0.6) is 0 Å². The molecule has 0 heterocycles. The zero-order chi connectivity index (χ0) is 26.5. The Hall–Kier alpha value is -2.03. The lowest BCUT2D eigenvalue weighted by Crippen LogP contribution is -2.34. The molecular formula is C18H27F9N2O4. The van der Waals surface area contributed by atoms with Gasteiger partial charge in [0.15, 0.2) is 0 Å². The van der Waals surface area contributed by atoms with Gasteiger partial charge in [0.2, 0.25) is 5.92 Å². The van der Waals surface area contributed by atoms with Crippen LogP contribution in [0.1, 0.15) is 44.9 Å². The molecule has 0 amide bonds. The fourth-order valence-corrected chi connectivity index (χ4v) is 2.39. The first kappa shape index (κ1) is 33.1. The van der Waals surface area contributed by atoms with Gasteiger partial charge in [0.05, 0.1) is 5.83 Å². The smallest absolute Gasteiger partial charge is 0.475 e. The fourth-order valence-electron chi connectivity index (χ4n) is 2.39. The Balaban J connectivity index is 0. The Kier molecular flexibility index (Phi) is 15.1. The van der Waals surface area contributed by atoms with E-state index in [0.717, 1.165) is 12.8 Å². The van der Waals surface area contributed by atoms with E-state index in [1.807, 2.05) is 14.1 Å². The molecule has 0 aromatic rings. The van der Waals surface area contributed by atoms with Gasteiger partial charge in [-0.2, -0.15) is 26.3 Å². The highest BCUT2D eigenvalue weighted by Crippen LogP contribution is 2.32. The zero-order valence-corrected chi connectivity index (χ0v) is 17.8. The second-order valence-corrected chi connectivity index (χ2v) is 6.94. The Bertz CT molecular complexity index is 589. The first-order valence-electron chi connectivity index (χ1n) is 9.52. The average molecular weight is 506 g/mol. The number of rotatable bonds is 2. The molecule has 2 aliphatic carbocycles. The van der Waals surface area contributed by atoms with Crippen LogP contribution in [0, 0.1) is 0 Å². The molecule has 0 aromatic carbocycles. The molecule has 15 heteroatoms. The SMILES string of the molecule is CNC1CC=C(F)CC1.CNC1CCC(F)(F)CC1.O=C(O)C(F)(F)F.O=C(O)C(F)(F)F. The second kappa shape index (κ2) is 15.0. The van der Waals surface area contributed by atoms with E-state index in [1.165, 1.54) is 0 Å². The molecule has 196 valence electrons. The molecule has 0 saturated heterocycles. The molecule has 1 unspecified atom stereocenters. The van der Waals surface area contributed by atoms with E-state index in [9.17, 15) is 39.5 Å². The summed E-state index contributed by atoms with van der Waals surface area (Å²) in [7, 11) is 3.75. The quantitative estimate of drug-likeness (QED) is 0.407. The molecule has 2 aliphatic rings. The van der Waals surface area contributed by atoms with Crippen molar-refractivity contribution in [3.63, 3.8) is 0 Å². The number of nitrogens with one attached hydrogen (secondary N) is 2. The standard InChI is InChI=1S/C7H13F2N.C7H12FN.2C2HF3O2/c1-10-6-2-4-7(8,9)5-3-6;1-9-7-4-2-6(8)3-5-7;2*3-2(4,5)1(6)7/h6,10H,2-5H2,1H3;2,7,9H,3-5H2,1H3;2*(H,6,7). The summed E-state index contributed by atoms with van der Waals surface area (Å²) in [5, 5.41) is 20.4. The van der Waals surface area contributed by atoms with Crippen molar-refractivity contribution < 1.29 is 59.3 Å². The number of hydrogen-bond donors (Lipinski definition) is 4. The Morgan fingerprint density at radius 1 is 0.879 bits per heavy atom. The van der Waals surface area contributed by atoms with Crippen molar-refractivity contribution in [3.05, 3.63) is 11.9 Å². The summed E-state index contributed by atoms with van der Waals surface area (Å²) in [5.41, 5.74) is 0. The fraction of sp³-hybridized carbons (Fsp3) is 0.778. The van der Waals surface area contributed by atoms with E-state index in [0.29, 0.717) is 31.3 Å². The summed E-state index contributed by atoms with van der Waals surface area (Å²) in [6.45, 7) is 0. The lowest BCUT2D eigenvalue weighted by atomic mass is 9.92. The minimum Gasteiger partial charge on any atom is -0.475 e. The number of carbonyl (C=O) groups is 2. The number of aliphatic carboxylic acids is 2. The van der Waals surface area contributed by atoms with E-state index in [4.69, 9.17) is 19.8 Å². The van der Waals surface area contributed by atoms with E-state index in [1.54, 1.807) is 6.08 Å². The van der Waals surface area contributed by atoms with Crippen LogP contribution >= 0.6 is 0 Å². The predicted molar refractivity (Wildman–Crippen MR) is 99.5 cm³/mol. The molecular weight excluding hydrogens is 479 g/mol. The normalized spacial score (nSPS) is 20.5. The second-order valence-electron chi connectivity index (χ2n) is 6.94. The van der Waals surface area contributed by atoms with Crippen molar-refractivity contribution >= 4 is 11.9 Å². The third-order valence-electron chi connectivity index (χ3n) is 4.37. The van der Waals surface area contributed by atoms with Crippen LogP contribution in [-0.4, -0.2) is 66.6 Å². The number of allylic oxidation sites excluding steroid dienone is 1. The molecule has 0 spiro atoms. The van der Waals surface area contributed by atoms with Gasteiger partial charge in [-0.15, -0.1) is 0 Å². The predicted octanol–water partition coefficient (Wildman–Crippen LogP) is 4.66. The van der Waals surface area contributed by atoms with Gasteiger partial charge in [-0.25, -0.2) is 22.8 Å². The molecule has 0 radical (unpaired) electrons. The van der Waals surface area contributed by atoms with Crippen LogP contribution in [-0.2, 0) is 9.59 Å². The third kappa shape index (κ3) is 18.1. The van der Waals surface area contributed by atoms with Gasteiger partial charge in [-0.05, 0) is 39.8 Å². The molecule has 0 aromatic heterocycles. The summed E-state index contributed by atoms with van der Waals surface area (Å²) >= 11 is 0. The molecule has 1 atom stereocenters. The molecule has 33 heavy (non-hydrogen) atoms. The summed E-state index contributed by atoms with van der Waals surface area (Å²) in [6.07, 6.45) is -4.75. The number of alkyl halides is 8. The minimum absolute atomic E-state index is 0.0541. The van der Waals surface area contributed by atoms with Crippen LogP contribution in [0.2, 0.25) is 0 Å². The molecule has 1 saturated carbocycles. The van der Waals surface area contributed by atoms with Gasteiger partial charge in [0.1, 0.15) is 0 Å². The van der Waals surface area contributed by atoms with E-state index in [-0.39, 0.29) is 18.7 Å². The molecule has 6 nitrogen and oxygen atoms in total. The highest BCUT2D eigenvalue weighted by Gasteiger charge is 2.39. The van der Waals surface area contributed by atoms with Crippen LogP contribution in [0.15, 0.2) is 11.9 Å². The maximum absolute atomic E-state index is 12.5. The number of halogens is 9. The molecule has 1 fully saturated rings. The summed E-state index contributed by atoms with van der Waals surface area (Å²) in [6, 6.07) is 0.823. The molecule has 0 aliphatic heterocycles. The van der Waals surface area contributed by atoms with Crippen LogP contribution < -0.4 is 10.6 Å². The van der Waals surface area contributed by atoms with E-state index in [2.05, 4.69) is 10.6 Å². The van der Waals surface area contributed by atoms with Gasteiger partial charge < -0.3 is 20.8 Å². The summed E-state index contributed by atoms with van der Waals surface area (Å²) in [4.78, 5) is 17.8. The number of hydrogen-bond acceptors (Lipinski definition) is 4. The third-order valence-corrected chi connectivity index (χ3v) is 4.37. The molecule has 0 bridgehead atoms. The van der Waals surface area contributed by atoms with Crippen molar-refractivity contribution in [2.45, 2.75) is 75.3 Å². The topological polar surface area (TPSA) is 98.7 Å². The van der Waals surface area contributed by atoms with Crippen molar-refractivity contribution in [1.29, 1.82) is 0 Å². The van der Waals surface area contributed by atoms with Gasteiger partial charge in [0, 0.05) is 31.3 Å². The first-order valence-corrected chi connectivity index (χ1v) is 9.52. The largest absolute Gasteiger partial charge is 0.490 e. The van der Waals surface area contributed by atoms with Crippen LogP contribution in [0.4, 0.5) is 39.5 Å².